The Morgan fingerprint density at radius 2 is 1.94 bits per heavy atom. The van der Waals surface area contributed by atoms with Crippen molar-refractivity contribution in [2.45, 2.75) is 31.9 Å². The van der Waals surface area contributed by atoms with E-state index >= 15 is 0 Å². The molecule has 2 amide bonds. The quantitative estimate of drug-likeness (QED) is 0.479. The first kappa shape index (κ1) is 23.8. The first-order chi connectivity index (χ1) is 16.8. The molecule has 0 unspecified atom stereocenters. The number of anilines is 1. The zero-order chi connectivity index (χ0) is 24.7. The Hall–Kier alpha value is -2.95. The predicted molar refractivity (Wildman–Crippen MR) is 133 cm³/mol. The Morgan fingerprint density at radius 1 is 1.17 bits per heavy atom. The maximum Gasteiger partial charge on any atom is 0.274 e. The van der Waals surface area contributed by atoms with E-state index in [1.165, 1.54) is 23.0 Å². The third kappa shape index (κ3) is 5.19. The lowest BCUT2D eigenvalue weighted by Crippen LogP contribution is -2.41. The lowest BCUT2D eigenvalue weighted by molar-refractivity contribution is 0.0952. The van der Waals surface area contributed by atoms with Gasteiger partial charge in [0.05, 0.1) is 27.8 Å². The monoisotopic (exact) mass is 533 g/mol. The molecule has 2 fully saturated rings. The maximum atomic E-state index is 13.5. The molecule has 2 N–H and O–H groups in total. The normalized spacial score (nSPS) is 19.1. The largest absolute Gasteiger partial charge is 0.471 e. The van der Waals surface area contributed by atoms with Gasteiger partial charge in [-0.2, -0.15) is 0 Å². The molecule has 3 heterocycles. The van der Waals surface area contributed by atoms with Crippen LogP contribution in [-0.4, -0.2) is 54.4 Å². The summed E-state index contributed by atoms with van der Waals surface area (Å²) in [7, 11) is -0.902. The number of nitrogens with one attached hydrogen (secondary N) is 2. The number of carbonyl (C=O) groups excluding carboxylic acids is 2. The Labute approximate surface area is 213 Å². The fourth-order valence-electron chi connectivity index (χ4n) is 3.63. The van der Waals surface area contributed by atoms with Gasteiger partial charge in [-0.1, -0.05) is 23.2 Å². The number of ether oxygens (including phenoxy) is 1. The molecule has 2 aromatic heterocycles. The van der Waals surface area contributed by atoms with Crippen molar-refractivity contribution in [2.75, 3.05) is 16.8 Å². The Bertz CT molecular complexity index is 1350. The molecule has 0 spiro atoms. The van der Waals surface area contributed by atoms with E-state index in [2.05, 4.69) is 20.7 Å². The van der Waals surface area contributed by atoms with Gasteiger partial charge in [-0.05, 0) is 49.6 Å². The van der Waals surface area contributed by atoms with Crippen molar-refractivity contribution in [2.24, 2.45) is 0 Å². The van der Waals surface area contributed by atoms with Gasteiger partial charge in [-0.15, -0.1) is 5.10 Å². The fraction of sp³-hybridized carbons (Fsp3) is 0.304. The number of nitrogens with zero attached hydrogens (tertiary/aromatic N) is 3. The highest BCUT2D eigenvalue weighted by Crippen LogP contribution is 2.29. The minimum Gasteiger partial charge on any atom is -0.471 e. The third-order valence-electron chi connectivity index (χ3n) is 5.59. The SMILES string of the molecule is Cc1cc(Cl)cc(C(=O)NC2CC2)c1NC(=O)c1cc(OC2CS(=O)C2)nn1-c1ncccc1Cl. The molecule has 1 aliphatic heterocycles. The van der Waals surface area contributed by atoms with Gasteiger partial charge in [0.15, 0.2) is 5.82 Å². The van der Waals surface area contributed by atoms with Gasteiger partial charge in [0.2, 0.25) is 5.88 Å². The summed E-state index contributed by atoms with van der Waals surface area (Å²) in [5, 5.41) is 10.8. The molecule has 1 aromatic carbocycles. The van der Waals surface area contributed by atoms with Crippen LogP contribution in [0.3, 0.4) is 0 Å². The smallest absolute Gasteiger partial charge is 0.274 e. The standard InChI is InChI=1S/C23H21Cl2N5O4S/c1-12-7-13(24)8-16(22(31)27-14-4-5-14)20(12)28-23(32)18-9-19(34-15-10-35(33)11-15)29-30(18)21-17(25)3-2-6-26-21/h2-3,6-9,14-15H,4-5,10-11H2,1H3,(H,27,31)(H,28,32). The average molecular weight is 534 g/mol. The number of benzene rings is 1. The molecule has 12 heteroatoms. The Morgan fingerprint density at radius 3 is 2.63 bits per heavy atom. The van der Waals surface area contributed by atoms with Crippen molar-refractivity contribution >= 4 is 51.5 Å². The predicted octanol–water partition coefficient (Wildman–Crippen LogP) is 3.54. The number of rotatable bonds is 7. The number of amides is 2. The number of aromatic nitrogens is 3. The van der Waals surface area contributed by atoms with Crippen molar-refractivity contribution in [3.63, 3.8) is 0 Å². The highest BCUT2D eigenvalue weighted by Gasteiger charge is 2.30. The molecule has 2 aliphatic rings. The van der Waals surface area contributed by atoms with E-state index < -0.39 is 16.7 Å². The fourth-order valence-corrected chi connectivity index (χ4v) is 4.98. The molecule has 0 atom stereocenters. The second kappa shape index (κ2) is 9.60. The molecule has 5 rings (SSSR count). The van der Waals surface area contributed by atoms with Crippen molar-refractivity contribution in [3.8, 4) is 11.7 Å². The van der Waals surface area contributed by atoms with E-state index in [-0.39, 0.29) is 46.0 Å². The van der Waals surface area contributed by atoms with Crippen LogP contribution in [0.25, 0.3) is 5.82 Å². The summed E-state index contributed by atoms with van der Waals surface area (Å²) in [6.45, 7) is 1.76. The van der Waals surface area contributed by atoms with E-state index in [0.717, 1.165) is 12.8 Å². The summed E-state index contributed by atoms with van der Waals surface area (Å²) in [6, 6.07) is 8.10. The van der Waals surface area contributed by atoms with Gasteiger partial charge in [0, 0.05) is 34.1 Å². The molecule has 1 aliphatic carbocycles. The summed E-state index contributed by atoms with van der Waals surface area (Å²) in [4.78, 5) is 30.6. The Balaban J connectivity index is 1.49. The third-order valence-corrected chi connectivity index (χ3v) is 7.59. The summed E-state index contributed by atoms with van der Waals surface area (Å²) in [5.74, 6) is 0.377. The van der Waals surface area contributed by atoms with Crippen LogP contribution < -0.4 is 15.4 Å². The van der Waals surface area contributed by atoms with Gasteiger partial charge < -0.3 is 15.4 Å². The summed E-state index contributed by atoms with van der Waals surface area (Å²) >= 11 is 12.5. The topological polar surface area (TPSA) is 115 Å². The highest BCUT2D eigenvalue weighted by atomic mass is 35.5. The van der Waals surface area contributed by atoms with E-state index in [1.807, 2.05) is 0 Å². The van der Waals surface area contributed by atoms with Crippen molar-refractivity contribution in [1.29, 1.82) is 0 Å². The average Bonchev–Trinajstić information content (AvgIpc) is 3.50. The van der Waals surface area contributed by atoms with E-state index in [9.17, 15) is 13.8 Å². The molecule has 3 aromatic rings. The lowest BCUT2D eigenvalue weighted by atomic mass is 10.1. The zero-order valence-corrected chi connectivity index (χ0v) is 20.9. The van der Waals surface area contributed by atoms with Crippen LogP contribution in [0.4, 0.5) is 5.69 Å². The number of halogens is 2. The molecule has 9 nitrogen and oxygen atoms in total. The van der Waals surface area contributed by atoms with Gasteiger partial charge in [0.25, 0.3) is 11.8 Å². The number of carbonyl (C=O) groups is 2. The van der Waals surface area contributed by atoms with Gasteiger partial charge in [0.1, 0.15) is 11.8 Å². The van der Waals surface area contributed by atoms with Crippen LogP contribution in [0.5, 0.6) is 5.88 Å². The Kier molecular flexibility index (Phi) is 6.52. The molecule has 35 heavy (non-hydrogen) atoms. The van der Waals surface area contributed by atoms with Gasteiger partial charge in [-0.3, -0.25) is 13.8 Å². The van der Waals surface area contributed by atoms with E-state index in [0.29, 0.717) is 27.8 Å². The second-order valence-electron chi connectivity index (χ2n) is 8.45. The molecule has 0 bridgehead atoms. The van der Waals surface area contributed by atoms with Crippen LogP contribution in [0.15, 0.2) is 36.5 Å². The molecule has 182 valence electrons. The first-order valence-electron chi connectivity index (χ1n) is 10.9. The molecule has 1 saturated carbocycles. The lowest BCUT2D eigenvalue weighted by Gasteiger charge is -2.24. The van der Waals surface area contributed by atoms with Crippen LogP contribution >= 0.6 is 23.2 Å². The summed E-state index contributed by atoms with van der Waals surface area (Å²) in [6.07, 6.45) is 3.14. The van der Waals surface area contributed by atoms with E-state index in [1.54, 1.807) is 25.1 Å². The first-order valence-corrected chi connectivity index (χ1v) is 13.2. The van der Waals surface area contributed by atoms with Crippen LogP contribution in [0, 0.1) is 6.92 Å². The van der Waals surface area contributed by atoms with Crippen LogP contribution in [-0.2, 0) is 10.8 Å². The summed E-state index contributed by atoms with van der Waals surface area (Å²) < 4.78 is 18.5. The van der Waals surface area contributed by atoms with Crippen molar-refractivity contribution in [1.82, 2.24) is 20.1 Å². The highest BCUT2D eigenvalue weighted by molar-refractivity contribution is 7.86. The van der Waals surface area contributed by atoms with Gasteiger partial charge >= 0.3 is 0 Å². The minimum absolute atomic E-state index is 0.101. The van der Waals surface area contributed by atoms with Gasteiger partial charge in [-0.25, -0.2) is 9.67 Å². The molecular weight excluding hydrogens is 513 g/mol. The summed E-state index contributed by atoms with van der Waals surface area (Å²) in [5.41, 5.74) is 1.34. The zero-order valence-electron chi connectivity index (χ0n) is 18.6. The number of hydrogen-bond donors (Lipinski definition) is 2. The van der Waals surface area contributed by atoms with Crippen molar-refractivity contribution in [3.05, 3.63) is 63.4 Å². The maximum absolute atomic E-state index is 13.5. The number of aryl methyl sites for hydroxylation is 1. The molecular formula is C23H21Cl2N5O4S. The minimum atomic E-state index is -0.902. The van der Waals surface area contributed by atoms with Crippen molar-refractivity contribution < 1.29 is 18.5 Å². The number of pyridine rings is 1. The molecule has 1 saturated heterocycles. The second-order valence-corrected chi connectivity index (χ2v) is 10.8. The molecule has 0 radical (unpaired) electrons. The number of hydrogen-bond acceptors (Lipinski definition) is 6. The van der Waals surface area contributed by atoms with E-state index in [4.69, 9.17) is 27.9 Å². The van der Waals surface area contributed by atoms with Crippen LogP contribution in [0.1, 0.15) is 39.3 Å². The van der Waals surface area contributed by atoms with Crippen LogP contribution in [0.2, 0.25) is 10.0 Å².